The number of aryl methyl sites for hydroxylation is 1. The zero-order chi connectivity index (χ0) is 11.0. The molecule has 1 aliphatic rings. The Kier molecular flexibility index (Phi) is 2.60. The summed E-state index contributed by atoms with van der Waals surface area (Å²) >= 11 is 5.00. The Morgan fingerprint density at radius 2 is 1.87 bits per heavy atom. The van der Waals surface area contributed by atoms with Crippen molar-refractivity contribution in [1.29, 1.82) is 0 Å². The molecule has 2 rings (SSSR count). The molecule has 15 heavy (non-hydrogen) atoms. The molecule has 3 N–H and O–H groups in total. The van der Waals surface area contributed by atoms with E-state index in [1.54, 1.807) is 0 Å². The summed E-state index contributed by atoms with van der Waals surface area (Å²) in [6.07, 6.45) is -2.06. The van der Waals surface area contributed by atoms with Crippen molar-refractivity contribution in [2.45, 2.75) is 19.4 Å². The zero-order valence-electron chi connectivity index (χ0n) is 8.21. The van der Waals surface area contributed by atoms with Crippen molar-refractivity contribution in [2.24, 2.45) is 0 Å². The highest BCUT2D eigenvalue weighted by molar-refractivity contribution is 7.80. The number of rotatable bonds is 1. The van der Waals surface area contributed by atoms with Crippen LogP contribution in [0.25, 0.3) is 0 Å². The number of benzene rings is 1. The lowest BCUT2D eigenvalue weighted by Crippen LogP contribution is -2.36. The van der Waals surface area contributed by atoms with Crippen LogP contribution in [0.5, 0.6) is 0 Å². The minimum absolute atomic E-state index is 0.332. The first-order valence-electron chi connectivity index (χ1n) is 4.62. The van der Waals surface area contributed by atoms with Crippen molar-refractivity contribution < 1.29 is 10.2 Å². The fraction of sp³-hybridized carbons (Fsp3) is 0.300. The quantitative estimate of drug-likeness (QED) is 0.600. The molecular formula is C10H12N2O2S. The van der Waals surface area contributed by atoms with Crippen LogP contribution < -0.4 is 10.2 Å². The SMILES string of the molecule is Cc1ccc(N2C(=S)N[C@H](O)[C@@H]2O)cc1. The molecule has 1 aromatic rings. The van der Waals surface area contributed by atoms with Gasteiger partial charge in [-0.3, -0.25) is 4.90 Å². The number of nitrogens with one attached hydrogen (secondary N) is 1. The van der Waals surface area contributed by atoms with Crippen LogP contribution in [0.2, 0.25) is 0 Å². The molecule has 0 aromatic heterocycles. The van der Waals surface area contributed by atoms with E-state index in [-0.39, 0.29) is 0 Å². The molecule has 1 heterocycles. The fourth-order valence-electron chi connectivity index (χ4n) is 1.51. The van der Waals surface area contributed by atoms with Gasteiger partial charge in [-0.1, -0.05) is 17.7 Å². The van der Waals surface area contributed by atoms with E-state index in [0.29, 0.717) is 5.11 Å². The van der Waals surface area contributed by atoms with Crippen molar-refractivity contribution in [3.63, 3.8) is 0 Å². The summed E-state index contributed by atoms with van der Waals surface area (Å²) in [6, 6.07) is 7.56. The second-order valence-electron chi connectivity index (χ2n) is 3.51. The first-order chi connectivity index (χ1) is 7.09. The number of thiocarbonyl (C=S) groups is 1. The van der Waals surface area contributed by atoms with Gasteiger partial charge in [0.05, 0.1) is 0 Å². The third kappa shape index (κ3) is 1.81. The number of nitrogens with zero attached hydrogens (tertiary/aromatic N) is 1. The minimum Gasteiger partial charge on any atom is -0.369 e. The van der Waals surface area contributed by atoms with Gasteiger partial charge in [0.2, 0.25) is 0 Å². The molecule has 0 aliphatic carbocycles. The molecule has 1 saturated heterocycles. The van der Waals surface area contributed by atoms with Gasteiger partial charge in [-0.25, -0.2) is 0 Å². The summed E-state index contributed by atoms with van der Waals surface area (Å²) in [6.45, 7) is 1.98. The van der Waals surface area contributed by atoms with Crippen LogP contribution in [0, 0.1) is 6.92 Å². The van der Waals surface area contributed by atoms with Crippen LogP contribution in [0.15, 0.2) is 24.3 Å². The maximum absolute atomic E-state index is 9.68. The van der Waals surface area contributed by atoms with E-state index in [1.807, 2.05) is 31.2 Å². The second-order valence-corrected chi connectivity index (χ2v) is 3.90. The molecule has 1 aliphatic heterocycles. The predicted molar refractivity (Wildman–Crippen MR) is 61.4 cm³/mol. The Hall–Kier alpha value is -1.17. The summed E-state index contributed by atoms with van der Waals surface area (Å²) in [4.78, 5) is 1.49. The third-order valence-electron chi connectivity index (χ3n) is 2.35. The number of hydrogen-bond acceptors (Lipinski definition) is 3. The van der Waals surface area contributed by atoms with Crippen molar-refractivity contribution in [3.8, 4) is 0 Å². The standard InChI is InChI=1S/C10H12N2O2S/c1-6-2-4-7(5-3-6)12-9(14)8(13)11-10(12)15/h2-5,8-9,13-14H,1H3,(H,11,15)/t8-,9+/m1/s1. The molecule has 80 valence electrons. The smallest absolute Gasteiger partial charge is 0.178 e. The van der Waals surface area contributed by atoms with E-state index in [0.717, 1.165) is 11.3 Å². The Labute approximate surface area is 93.1 Å². The van der Waals surface area contributed by atoms with E-state index in [2.05, 4.69) is 5.32 Å². The van der Waals surface area contributed by atoms with Crippen molar-refractivity contribution in [1.82, 2.24) is 5.32 Å². The average molecular weight is 224 g/mol. The number of anilines is 1. The molecular weight excluding hydrogens is 212 g/mol. The fourth-order valence-corrected chi connectivity index (χ4v) is 1.84. The van der Waals surface area contributed by atoms with Gasteiger partial charge in [-0.2, -0.15) is 0 Å². The molecule has 4 nitrogen and oxygen atoms in total. The monoisotopic (exact) mass is 224 g/mol. The third-order valence-corrected chi connectivity index (χ3v) is 2.66. The van der Waals surface area contributed by atoms with Gasteiger partial charge in [0.1, 0.15) is 0 Å². The van der Waals surface area contributed by atoms with Gasteiger partial charge in [-0.05, 0) is 31.3 Å². The van der Waals surface area contributed by atoms with Crippen LogP contribution in [0.1, 0.15) is 5.56 Å². The highest BCUT2D eigenvalue weighted by Gasteiger charge is 2.34. The van der Waals surface area contributed by atoms with Crippen LogP contribution in [-0.2, 0) is 0 Å². The van der Waals surface area contributed by atoms with Crippen LogP contribution in [-0.4, -0.2) is 27.8 Å². The maximum atomic E-state index is 9.68. The van der Waals surface area contributed by atoms with Gasteiger partial charge < -0.3 is 15.5 Å². The van der Waals surface area contributed by atoms with E-state index in [1.165, 1.54) is 4.90 Å². The highest BCUT2D eigenvalue weighted by atomic mass is 32.1. The lowest BCUT2D eigenvalue weighted by molar-refractivity contribution is 0.0332. The molecule has 1 aromatic carbocycles. The van der Waals surface area contributed by atoms with E-state index >= 15 is 0 Å². The first-order valence-corrected chi connectivity index (χ1v) is 5.03. The van der Waals surface area contributed by atoms with Crippen LogP contribution in [0.4, 0.5) is 5.69 Å². The maximum Gasteiger partial charge on any atom is 0.178 e. The molecule has 1 fully saturated rings. The normalized spacial score (nSPS) is 25.5. The summed E-state index contributed by atoms with van der Waals surface area (Å²) in [5.41, 5.74) is 1.90. The minimum atomic E-state index is -1.03. The lowest BCUT2D eigenvalue weighted by atomic mass is 10.2. The van der Waals surface area contributed by atoms with Gasteiger partial charge in [0.15, 0.2) is 17.6 Å². The van der Waals surface area contributed by atoms with Gasteiger partial charge >= 0.3 is 0 Å². The number of aliphatic hydroxyl groups excluding tert-OH is 2. The summed E-state index contributed by atoms with van der Waals surface area (Å²) < 4.78 is 0. The average Bonchev–Trinajstić information content (AvgIpc) is 2.44. The second kappa shape index (κ2) is 3.77. The summed E-state index contributed by atoms with van der Waals surface area (Å²) in [7, 11) is 0. The predicted octanol–water partition coefficient (Wildman–Crippen LogP) is 0.326. The number of aliphatic hydroxyl groups is 2. The Morgan fingerprint density at radius 1 is 1.27 bits per heavy atom. The van der Waals surface area contributed by atoms with Crippen LogP contribution >= 0.6 is 12.2 Å². The summed E-state index contributed by atoms with van der Waals surface area (Å²) in [5.74, 6) is 0. The van der Waals surface area contributed by atoms with Gasteiger partial charge in [0, 0.05) is 5.69 Å². The van der Waals surface area contributed by atoms with Crippen molar-refractivity contribution in [3.05, 3.63) is 29.8 Å². The Morgan fingerprint density at radius 3 is 2.33 bits per heavy atom. The molecule has 0 bridgehead atoms. The largest absolute Gasteiger partial charge is 0.369 e. The van der Waals surface area contributed by atoms with E-state index in [9.17, 15) is 10.2 Å². The summed E-state index contributed by atoms with van der Waals surface area (Å²) in [5, 5.41) is 22.0. The molecule has 0 saturated carbocycles. The topological polar surface area (TPSA) is 55.7 Å². The van der Waals surface area contributed by atoms with Crippen molar-refractivity contribution in [2.75, 3.05) is 4.90 Å². The molecule has 0 unspecified atom stereocenters. The van der Waals surface area contributed by atoms with Crippen LogP contribution in [0.3, 0.4) is 0 Å². The highest BCUT2D eigenvalue weighted by Crippen LogP contribution is 2.21. The lowest BCUT2D eigenvalue weighted by Gasteiger charge is -2.21. The molecule has 0 radical (unpaired) electrons. The first kappa shape index (κ1) is 10.4. The zero-order valence-corrected chi connectivity index (χ0v) is 9.03. The Balaban J connectivity index is 2.30. The van der Waals surface area contributed by atoms with Crippen molar-refractivity contribution >= 4 is 23.0 Å². The molecule has 2 atom stereocenters. The molecule has 5 heteroatoms. The number of hydrogen-bond donors (Lipinski definition) is 3. The van der Waals surface area contributed by atoms with Gasteiger partial charge in [-0.15, -0.1) is 0 Å². The van der Waals surface area contributed by atoms with Gasteiger partial charge in [0.25, 0.3) is 0 Å². The molecule has 0 spiro atoms. The van der Waals surface area contributed by atoms with E-state index in [4.69, 9.17) is 12.2 Å². The van der Waals surface area contributed by atoms with E-state index < -0.39 is 12.5 Å². The Bertz CT molecular complexity index is 380. The molecule has 0 amide bonds.